The second kappa shape index (κ2) is 7.29. The first-order valence-electron chi connectivity index (χ1n) is 7.85. The number of benzene rings is 1. The van der Waals surface area contributed by atoms with Gasteiger partial charge in [-0.05, 0) is 24.1 Å². The molecule has 128 valence electrons. The molecule has 1 aromatic carbocycles. The maximum Gasteiger partial charge on any atom is 0.240 e. The van der Waals surface area contributed by atoms with Gasteiger partial charge in [-0.2, -0.15) is 0 Å². The van der Waals surface area contributed by atoms with Crippen LogP contribution in [0.25, 0.3) is 0 Å². The lowest BCUT2D eigenvalue weighted by atomic mass is 10.2. The summed E-state index contributed by atoms with van der Waals surface area (Å²) >= 11 is 0. The van der Waals surface area contributed by atoms with Crippen molar-refractivity contribution in [1.29, 1.82) is 0 Å². The molecular formula is C17H21N3O3S. The third kappa shape index (κ3) is 4.11. The third-order valence-corrected chi connectivity index (χ3v) is 5.60. The summed E-state index contributed by atoms with van der Waals surface area (Å²) in [6.45, 7) is 2.30. The molecule has 0 unspecified atom stereocenters. The fourth-order valence-corrected chi connectivity index (χ4v) is 4.13. The van der Waals surface area contributed by atoms with Crippen molar-refractivity contribution in [1.82, 2.24) is 14.6 Å². The first-order valence-corrected chi connectivity index (χ1v) is 9.34. The Bertz CT molecular complexity index is 763. The predicted octanol–water partition coefficient (Wildman–Crippen LogP) is 1.64. The predicted molar refractivity (Wildman–Crippen MR) is 91.2 cm³/mol. The summed E-state index contributed by atoms with van der Waals surface area (Å²) in [5.41, 5.74) is 1.09. The molecule has 1 aromatic heterocycles. The third-order valence-electron chi connectivity index (χ3n) is 4.06. The number of ether oxygens (including phenoxy) is 1. The molecule has 1 N–H and O–H groups in total. The van der Waals surface area contributed by atoms with E-state index >= 15 is 0 Å². The van der Waals surface area contributed by atoms with Gasteiger partial charge in [0, 0.05) is 37.9 Å². The number of nitrogens with one attached hydrogen (secondary N) is 1. The zero-order chi connectivity index (χ0) is 17.0. The molecule has 2 heterocycles. The van der Waals surface area contributed by atoms with E-state index in [1.165, 1.54) is 0 Å². The molecule has 0 radical (unpaired) electrons. The van der Waals surface area contributed by atoms with Crippen molar-refractivity contribution < 1.29 is 13.2 Å². The van der Waals surface area contributed by atoms with E-state index in [0.717, 1.165) is 25.1 Å². The van der Waals surface area contributed by atoms with Gasteiger partial charge in [-0.3, -0.25) is 4.90 Å². The molecule has 0 amide bonds. The van der Waals surface area contributed by atoms with Gasteiger partial charge in [-0.1, -0.05) is 24.3 Å². The largest absolute Gasteiger partial charge is 0.481 e. The molecule has 7 heteroatoms. The minimum absolute atomic E-state index is 0.0681. The normalized spacial score (nSPS) is 18.6. The Balaban J connectivity index is 1.57. The van der Waals surface area contributed by atoms with Crippen LogP contribution in [-0.4, -0.2) is 44.5 Å². The molecular weight excluding hydrogens is 326 g/mol. The fourth-order valence-electron chi connectivity index (χ4n) is 2.84. The Labute approximate surface area is 142 Å². The van der Waals surface area contributed by atoms with Crippen LogP contribution in [0.3, 0.4) is 0 Å². The lowest BCUT2D eigenvalue weighted by molar-refractivity contribution is 0.323. The van der Waals surface area contributed by atoms with Gasteiger partial charge in [0.05, 0.1) is 12.0 Å². The van der Waals surface area contributed by atoms with Crippen molar-refractivity contribution in [3.63, 3.8) is 0 Å². The van der Waals surface area contributed by atoms with E-state index in [1.54, 1.807) is 43.6 Å². The van der Waals surface area contributed by atoms with Crippen LogP contribution in [-0.2, 0) is 16.6 Å². The van der Waals surface area contributed by atoms with E-state index in [9.17, 15) is 8.42 Å². The second-order valence-electron chi connectivity index (χ2n) is 5.86. The Morgan fingerprint density at radius 3 is 2.71 bits per heavy atom. The van der Waals surface area contributed by atoms with Gasteiger partial charge in [-0.25, -0.2) is 18.1 Å². The van der Waals surface area contributed by atoms with Crippen molar-refractivity contribution >= 4 is 10.0 Å². The minimum Gasteiger partial charge on any atom is -0.481 e. The SMILES string of the molecule is COc1ccc(CN2CC[C@@H](NS(=O)(=O)c3ccccc3)C2)cn1. The number of likely N-dealkylation sites (tertiary alicyclic amines) is 1. The molecule has 1 saturated heterocycles. The maximum absolute atomic E-state index is 12.4. The molecule has 24 heavy (non-hydrogen) atoms. The molecule has 2 aromatic rings. The molecule has 0 spiro atoms. The smallest absolute Gasteiger partial charge is 0.240 e. The molecule has 1 fully saturated rings. The van der Waals surface area contributed by atoms with E-state index < -0.39 is 10.0 Å². The van der Waals surface area contributed by atoms with E-state index in [2.05, 4.69) is 14.6 Å². The quantitative estimate of drug-likeness (QED) is 0.860. The van der Waals surface area contributed by atoms with Crippen LogP contribution < -0.4 is 9.46 Å². The first kappa shape index (κ1) is 16.9. The Morgan fingerprint density at radius 1 is 1.25 bits per heavy atom. The highest BCUT2D eigenvalue weighted by Gasteiger charge is 2.27. The fraction of sp³-hybridized carbons (Fsp3) is 0.353. The molecule has 1 atom stereocenters. The van der Waals surface area contributed by atoms with E-state index in [-0.39, 0.29) is 6.04 Å². The zero-order valence-corrected chi connectivity index (χ0v) is 14.4. The maximum atomic E-state index is 12.4. The van der Waals surface area contributed by atoms with Crippen molar-refractivity contribution in [3.05, 3.63) is 54.2 Å². The first-order chi connectivity index (χ1) is 11.6. The number of nitrogens with zero attached hydrogens (tertiary/aromatic N) is 2. The van der Waals surface area contributed by atoms with Gasteiger partial charge < -0.3 is 4.74 Å². The van der Waals surface area contributed by atoms with Crippen molar-refractivity contribution in [2.24, 2.45) is 0 Å². The van der Waals surface area contributed by atoms with Gasteiger partial charge in [0.1, 0.15) is 0 Å². The van der Waals surface area contributed by atoms with Crippen molar-refractivity contribution in [2.75, 3.05) is 20.2 Å². The summed E-state index contributed by atoms with van der Waals surface area (Å²) in [5, 5.41) is 0. The second-order valence-corrected chi connectivity index (χ2v) is 7.58. The summed E-state index contributed by atoms with van der Waals surface area (Å²) in [4.78, 5) is 6.73. The summed E-state index contributed by atoms with van der Waals surface area (Å²) in [6, 6.07) is 12.2. The number of hydrogen-bond donors (Lipinski definition) is 1. The van der Waals surface area contributed by atoms with Crippen LogP contribution in [0.15, 0.2) is 53.6 Å². The summed E-state index contributed by atoms with van der Waals surface area (Å²) < 4.78 is 32.6. The number of aromatic nitrogens is 1. The van der Waals surface area contributed by atoms with E-state index in [0.29, 0.717) is 17.3 Å². The van der Waals surface area contributed by atoms with Gasteiger partial charge in [0.2, 0.25) is 15.9 Å². The number of rotatable bonds is 6. The van der Waals surface area contributed by atoms with Crippen molar-refractivity contribution in [2.45, 2.75) is 23.9 Å². The average molecular weight is 347 g/mol. The van der Waals surface area contributed by atoms with Crippen LogP contribution in [0, 0.1) is 0 Å². The van der Waals surface area contributed by atoms with Gasteiger partial charge in [0.25, 0.3) is 0 Å². The molecule has 3 rings (SSSR count). The lowest BCUT2D eigenvalue weighted by Crippen LogP contribution is -2.36. The molecule has 0 aliphatic carbocycles. The summed E-state index contributed by atoms with van der Waals surface area (Å²) in [6.07, 6.45) is 2.59. The van der Waals surface area contributed by atoms with Crippen LogP contribution in [0.1, 0.15) is 12.0 Å². The van der Waals surface area contributed by atoms with Crippen LogP contribution in [0.5, 0.6) is 5.88 Å². The Morgan fingerprint density at radius 2 is 2.04 bits per heavy atom. The van der Waals surface area contributed by atoms with E-state index in [4.69, 9.17) is 4.74 Å². The Kier molecular flexibility index (Phi) is 5.13. The minimum atomic E-state index is -3.45. The van der Waals surface area contributed by atoms with Crippen LogP contribution in [0.2, 0.25) is 0 Å². The Hall–Kier alpha value is -1.96. The highest BCUT2D eigenvalue weighted by Crippen LogP contribution is 2.17. The van der Waals surface area contributed by atoms with Gasteiger partial charge >= 0.3 is 0 Å². The topological polar surface area (TPSA) is 71.5 Å². The zero-order valence-electron chi connectivity index (χ0n) is 13.6. The number of hydrogen-bond acceptors (Lipinski definition) is 5. The monoisotopic (exact) mass is 347 g/mol. The molecule has 0 saturated carbocycles. The molecule has 1 aliphatic rings. The van der Waals surface area contributed by atoms with E-state index in [1.807, 2.05) is 12.1 Å². The highest BCUT2D eigenvalue weighted by molar-refractivity contribution is 7.89. The number of methoxy groups -OCH3 is 1. The number of pyridine rings is 1. The molecule has 0 bridgehead atoms. The van der Waals surface area contributed by atoms with Crippen LogP contribution in [0.4, 0.5) is 0 Å². The summed E-state index contributed by atoms with van der Waals surface area (Å²) in [5.74, 6) is 0.591. The lowest BCUT2D eigenvalue weighted by Gasteiger charge is -2.17. The average Bonchev–Trinajstić information content (AvgIpc) is 3.02. The molecule has 6 nitrogen and oxygen atoms in total. The number of sulfonamides is 1. The standard InChI is InChI=1S/C17H21N3O3S/c1-23-17-8-7-14(11-18-17)12-20-10-9-15(13-20)19-24(21,22)16-5-3-2-4-6-16/h2-8,11,15,19H,9-10,12-13H2,1H3/t15-/m1/s1. The summed E-state index contributed by atoms with van der Waals surface area (Å²) in [7, 11) is -1.87. The molecule has 1 aliphatic heterocycles. The van der Waals surface area contributed by atoms with Crippen LogP contribution >= 0.6 is 0 Å². The highest BCUT2D eigenvalue weighted by atomic mass is 32.2. The van der Waals surface area contributed by atoms with Gasteiger partial charge in [-0.15, -0.1) is 0 Å². The van der Waals surface area contributed by atoms with Gasteiger partial charge in [0.15, 0.2) is 0 Å². The van der Waals surface area contributed by atoms with Crippen molar-refractivity contribution in [3.8, 4) is 5.88 Å².